The van der Waals surface area contributed by atoms with E-state index in [0.29, 0.717) is 23.7 Å². The second kappa shape index (κ2) is 7.67. The van der Waals surface area contributed by atoms with Gasteiger partial charge >= 0.3 is 0 Å². The van der Waals surface area contributed by atoms with Crippen molar-refractivity contribution in [2.45, 2.75) is 38.0 Å². The van der Waals surface area contributed by atoms with Crippen LogP contribution in [0.2, 0.25) is 0 Å². The van der Waals surface area contributed by atoms with E-state index in [2.05, 4.69) is 15.6 Å². The monoisotopic (exact) mass is 402 g/mol. The molecule has 1 N–H and O–H groups in total. The lowest BCUT2D eigenvalue weighted by Gasteiger charge is -2.21. The van der Waals surface area contributed by atoms with Gasteiger partial charge in [-0.15, -0.1) is 5.10 Å². The number of rotatable bonds is 5. The van der Waals surface area contributed by atoms with Gasteiger partial charge in [-0.2, -0.15) is 0 Å². The lowest BCUT2D eigenvalue weighted by molar-refractivity contribution is -0.111. The number of carbonyl (C=O) groups is 1. The summed E-state index contributed by atoms with van der Waals surface area (Å²) in [5.74, 6) is 0.668. The molecule has 30 heavy (non-hydrogen) atoms. The summed E-state index contributed by atoms with van der Waals surface area (Å²) in [6, 6.07) is 15.5. The minimum absolute atomic E-state index is 0.248. The Morgan fingerprint density at radius 1 is 1.10 bits per heavy atom. The minimum Gasteiger partial charge on any atom is -0.448 e. The zero-order valence-electron chi connectivity index (χ0n) is 16.5. The third kappa shape index (κ3) is 3.91. The van der Waals surface area contributed by atoms with Crippen molar-refractivity contribution in [3.05, 3.63) is 72.1 Å². The van der Waals surface area contributed by atoms with Crippen molar-refractivity contribution >= 4 is 17.7 Å². The Kier molecular flexibility index (Phi) is 4.71. The first-order chi connectivity index (χ1) is 14.7. The Morgan fingerprint density at radius 3 is 2.73 bits per heavy atom. The fraction of sp³-hybridized carbons (Fsp3) is 0.261. The molecular formula is C23H22N4O3. The maximum atomic E-state index is 12.3. The molecule has 3 aromatic rings. The van der Waals surface area contributed by atoms with E-state index in [1.807, 2.05) is 48.5 Å². The summed E-state index contributed by atoms with van der Waals surface area (Å²) in [5.41, 5.74) is 2.42. The van der Waals surface area contributed by atoms with Crippen molar-refractivity contribution in [1.29, 1.82) is 0 Å². The lowest BCUT2D eigenvalue weighted by Crippen LogP contribution is -2.34. The standard InChI is InChI=1S/C23H22N4O3/c28-22(11-9-19-16-27(26-25-19)15-17-6-2-1-3-7-17)24-18-8-10-20-21(14-18)30-23(29-20)12-4-5-13-23/h1-3,6-11,14,16H,4-5,12-13,15H2,(H,24,28)/b11-9+. The molecule has 0 bridgehead atoms. The van der Waals surface area contributed by atoms with E-state index in [-0.39, 0.29) is 5.91 Å². The summed E-state index contributed by atoms with van der Waals surface area (Å²) >= 11 is 0. The maximum Gasteiger partial charge on any atom is 0.251 e. The number of hydrogen-bond acceptors (Lipinski definition) is 5. The predicted molar refractivity (Wildman–Crippen MR) is 112 cm³/mol. The van der Waals surface area contributed by atoms with Crippen LogP contribution in [0.1, 0.15) is 36.9 Å². The maximum absolute atomic E-state index is 12.3. The molecule has 7 heteroatoms. The number of amides is 1. The Hall–Kier alpha value is -3.61. The Bertz CT molecular complexity index is 1080. The van der Waals surface area contributed by atoms with Gasteiger partial charge in [0, 0.05) is 30.7 Å². The third-order valence-electron chi connectivity index (χ3n) is 5.32. The molecule has 0 unspecified atom stereocenters. The van der Waals surface area contributed by atoms with Crippen LogP contribution in [0.5, 0.6) is 11.5 Å². The Labute approximate surface area is 174 Å². The number of ether oxygens (including phenoxy) is 2. The Balaban J connectivity index is 1.19. The lowest BCUT2D eigenvalue weighted by atomic mass is 10.2. The van der Waals surface area contributed by atoms with Gasteiger partial charge < -0.3 is 14.8 Å². The molecule has 0 radical (unpaired) electrons. The molecule has 2 aliphatic rings. The molecular weight excluding hydrogens is 380 g/mol. The van der Waals surface area contributed by atoms with Crippen LogP contribution in [0.15, 0.2) is 60.8 Å². The van der Waals surface area contributed by atoms with E-state index in [4.69, 9.17) is 9.47 Å². The van der Waals surface area contributed by atoms with E-state index in [1.165, 1.54) is 6.08 Å². The molecule has 0 saturated heterocycles. The normalized spacial score (nSPS) is 16.4. The largest absolute Gasteiger partial charge is 0.448 e. The Morgan fingerprint density at radius 2 is 1.90 bits per heavy atom. The van der Waals surface area contributed by atoms with Crippen LogP contribution < -0.4 is 14.8 Å². The van der Waals surface area contributed by atoms with Crippen molar-refractivity contribution in [1.82, 2.24) is 15.0 Å². The third-order valence-corrected chi connectivity index (χ3v) is 5.32. The average molecular weight is 402 g/mol. The average Bonchev–Trinajstić information content (AvgIpc) is 3.47. The van der Waals surface area contributed by atoms with Crippen molar-refractivity contribution in [2.24, 2.45) is 0 Å². The van der Waals surface area contributed by atoms with Gasteiger partial charge in [0.15, 0.2) is 11.5 Å². The highest BCUT2D eigenvalue weighted by molar-refractivity contribution is 6.01. The number of anilines is 1. The molecule has 1 fully saturated rings. The fourth-order valence-electron chi connectivity index (χ4n) is 3.87. The number of benzene rings is 2. The zero-order chi connectivity index (χ0) is 20.4. The molecule has 152 valence electrons. The molecule has 1 aliphatic heterocycles. The van der Waals surface area contributed by atoms with Gasteiger partial charge in [0.2, 0.25) is 5.91 Å². The molecule has 7 nitrogen and oxygen atoms in total. The number of nitrogens with zero attached hydrogens (tertiary/aromatic N) is 3. The van der Waals surface area contributed by atoms with Crippen molar-refractivity contribution < 1.29 is 14.3 Å². The number of aromatic nitrogens is 3. The van der Waals surface area contributed by atoms with Crippen molar-refractivity contribution in [2.75, 3.05) is 5.32 Å². The van der Waals surface area contributed by atoms with E-state index in [9.17, 15) is 4.79 Å². The summed E-state index contributed by atoms with van der Waals surface area (Å²) in [5, 5.41) is 11.0. The number of nitrogens with one attached hydrogen (secondary N) is 1. The highest BCUT2D eigenvalue weighted by Crippen LogP contribution is 2.47. The van der Waals surface area contributed by atoms with E-state index < -0.39 is 5.79 Å². The van der Waals surface area contributed by atoms with Gasteiger partial charge in [-0.05, 0) is 36.6 Å². The SMILES string of the molecule is O=C(/C=C/c1cn(Cc2ccccc2)nn1)Nc1ccc2c(c1)OC1(CCCC1)O2. The van der Waals surface area contributed by atoms with Crippen LogP contribution >= 0.6 is 0 Å². The van der Waals surface area contributed by atoms with Crippen molar-refractivity contribution in [3.8, 4) is 11.5 Å². The molecule has 1 spiro atoms. The summed E-state index contributed by atoms with van der Waals surface area (Å²) < 4.78 is 13.8. The van der Waals surface area contributed by atoms with Crippen LogP contribution in [-0.4, -0.2) is 26.7 Å². The van der Waals surface area contributed by atoms with Crippen LogP contribution in [0, 0.1) is 0 Å². The molecule has 1 amide bonds. The quantitative estimate of drug-likeness (QED) is 0.652. The highest BCUT2D eigenvalue weighted by atomic mass is 16.7. The van der Waals surface area contributed by atoms with Gasteiger partial charge in [0.25, 0.3) is 5.79 Å². The van der Waals surface area contributed by atoms with Crippen LogP contribution in [0.3, 0.4) is 0 Å². The zero-order valence-corrected chi connectivity index (χ0v) is 16.5. The molecule has 1 saturated carbocycles. The van der Waals surface area contributed by atoms with Crippen LogP contribution in [0.25, 0.3) is 6.08 Å². The molecule has 2 aromatic carbocycles. The van der Waals surface area contributed by atoms with E-state index >= 15 is 0 Å². The summed E-state index contributed by atoms with van der Waals surface area (Å²) in [6.45, 7) is 0.632. The van der Waals surface area contributed by atoms with E-state index in [1.54, 1.807) is 17.0 Å². The van der Waals surface area contributed by atoms with Gasteiger partial charge in [-0.3, -0.25) is 4.79 Å². The van der Waals surface area contributed by atoms with Gasteiger partial charge in [0.1, 0.15) is 5.69 Å². The number of fused-ring (bicyclic) bond motifs is 1. The summed E-state index contributed by atoms with van der Waals surface area (Å²) in [6.07, 6.45) is 8.91. The molecule has 5 rings (SSSR count). The second-order valence-electron chi connectivity index (χ2n) is 7.63. The van der Waals surface area contributed by atoms with Crippen LogP contribution in [0.4, 0.5) is 5.69 Å². The molecule has 0 atom stereocenters. The highest BCUT2D eigenvalue weighted by Gasteiger charge is 2.44. The predicted octanol–water partition coefficient (Wildman–Crippen LogP) is 4.02. The smallest absolute Gasteiger partial charge is 0.251 e. The summed E-state index contributed by atoms with van der Waals surface area (Å²) in [4.78, 5) is 12.3. The van der Waals surface area contributed by atoms with E-state index in [0.717, 1.165) is 37.0 Å². The topological polar surface area (TPSA) is 78.3 Å². The second-order valence-corrected chi connectivity index (χ2v) is 7.63. The summed E-state index contributed by atoms with van der Waals surface area (Å²) in [7, 11) is 0. The molecule has 1 aromatic heterocycles. The van der Waals surface area contributed by atoms with Gasteiger partial charge in [-0.25, -0.2) is 4.68 Å². The number of hydrogen-bond donors (Lipinski definition) is 1. The van der Waals surface area contributed by atoms with Gasteiger partial charge in [-0.1, -0.05) is 35.5 Å². The van der Waals surface area contributed by atoms with Crippen LogP contribution in [-0.2, 0) is 11.3 Å². The van der Waals surface area contributed by atoms with Gasteiger partial charge in [0.05, 0.1) is 12.7 Å². The molecule has 1 aliphatic carbocycles. The fourth-order valence-corrected chi connectivity index (χ4v) is 3.87. The molecule has 2 heterocycles. The minimum atomic E-state index is -0.504. The number of carbonyl (C=O) groups excluding carboxylic acids is 1. The first-order valence-electron chi connectivity index (χ1n) is 10.1. The first-order valence-corrected chi connectivity index (χ1v) is 10.1. The van der Waals surface area contributed by atoms with Crippen molar-refractivity contribution in [3.63, 3.8) is 0 Å². The first kappa shape index (κ1) is 18.4.